The van der Waals surface area contributed by atoms with Gasteiger partial charge in [-0.2, -0.15) is 0 Å². The van der Waals surface area contributed by atoms with Gasteiger partial charge < -0.3 is 9.64 Å². The van der Waals surface area contributed by atoms with Crippen LogP contribution in [0.5, 0.6) is 0 Å². The summed E-state index contributed by atoms with van der Waals surface area (Å²) in [5, 5.41) is 0. The summed E-state index contributed by atoms with van der Waals surface area (Å²) >= 11 is 0. The van der Waals surface area contributed by atoms with Crippen molar-refractivity contribution in [3.8, 4) is 0 Å². The van der Waals surface area contributed by atoms with Crippen LogP contribution in [0.1, 0.15) is 36.5 Å². The van der Waals surface area contributed by atoms with E-state index in [2.05, 4.69) is 4.90 Å². The van der Waals surface area contributed by atoms with Crippen molar-refractivity contribution in [2.75, 3.05) is 26.7 Å². The highest BCUT2D eigenvalue weighted by atomic mass is 16.5. The number of nitrogens with zero attached hydrogens (tertiary/aromatic N) is 1. The minimum atomic E-state index is -0.751. The number of rotatable bonds is 5. The van der Waals surface area contributed by atoms with Crippen LogP contribution in [0.4, 0.5) is 0 Å². The lowest BCUT2D eigenvalue weighted by Gasteiger charge is -2.35. The van der Waals surface area contributed by atoms with E-state index in [0.29, 0.717) is 6.54 Å². The van der Waals surface area contributed by atoms with Crippen molar-refractivity contribution in [2.24, 2.45) is 0 Å². The molecule has 0 N–H and O–H groups in total. The third-order valence-electron chi connectivity index (χ3n) is 3.94. The van der Waals surface area contributed by atoms with E-state index in [1.165, 1.54) is 19.3 Å². The van der Waals surface area contributed by atoms with Gasteiger partial charge in [0.25, 0.3) is 0 Å². The zero-order valence-corrected chi connectivity index (χ0v) is 11.9. The first-order valence-electron chi connectivity index (χ1n) is 7.03. The van der Waals surface area contributed by atoms with Gasteiger partial charge in [0, 0.05) is 19.2 Å². The third kappa shape index (κ3) is 3.43. The molecule has 2 rings (SSSR count). The maximum absolute atomic E-state index is 12.6. The number of benzene rings is 1. The first-order chi connectivity index (χ1) is 9.15. The van der Waals surface area contributed by atoms with Crippen molar-refractivity contribution in [1.29, 1.82) is 0 Å². The first-order valence-corrected chi connectivity index (χ1v) is 7.03. The molecule has 3 nitrogen and oxygen atoms in total. The van der Waals surface area contributed by atoms with Crippen molar-refractivity contribution >= 4 is 5.78 Å². The Morgan fingerprint density at radius 3 is 2.42 bits per heavy atom. The van der Waals surface area contributed by atoms with Crippen LogP contribution in [-0.2, 0) is 4.74 Å². The van der Waals surface area contributed by atoms with Crippen molar-refractivity contribution in [2.45, 2.75) is 31.8 Å². The molecule has 0 radical (unpaired) electrons. The lowest BCUT2D eigenvalue weighted by Crippen LogP contribution is -2.49. The first kappa shape index (κ1) is 14.2. The molecular formula is C16H23NO2. The number of piperidine rings is 1. The molecule has 1 aliphatic rings. The highest BCUT2D eigenvalue weighted by Gasteiger charge is 2.35. The molecule has 0 bridgehead atoms. The van der Waals surface area contributed by atoms with E-state index in [0.717, 1.165) is 18.7 Å². The minimum absolute atomic E-state index is 0.0705. The summed E-state index contributed by atoms with van der Waals surface area (Å²) in [5.74, 6) is 0.0705. The number of ether oxygens (including phenoxy) is 1. The Hall–Kier alpha value is -1.19. The molecule has 1 atom stereocenters. The van der Waals surface area contributed by atoms with Gasteiger partial charge in [-0.1, -0.05) is 36.8 Å². The largest absolute Gasteiger partial charge is 0.369 e. The van der Waals surface area contributed by atoms with E-state index in [1.54, 1.807) is 7.11 Å². The van der Waals surface area contributed by atoms with Crippen LogP contribution in [0.25, 0.3) is 0 Å². The van der Waals surface area contributed by atoms with Crippen LogP contribution in [0, 0.1) is 0 Å². The van der Waals surface area contributed by atoms with Gasteiger partial charge in [0.1, 0.15) is 5.60 Å². The van der Waals surface area contributed by atoms with E-state index in [-0.39, 0.29) is 5.78 Å². The van der Waals surface area contributed by atoms with E-state index in [1.807, 2.05) is 37.3 Å². The Morgan fingerprint density at radius 2 is 1.84 bits per heavy atom. The number of methoxy groups -OCH3 is 1. The molecule has 0 amide bonds. The minimum Gasteiger partial charge on any atom is -0.369 e. The van der Waals surface area contributed by atoms with Gasteiger partial charge in [-0.15, -0.1) is 0 Å². The maximum Gasteiger partial charge on any atom is 0.195 e. The van der Waals surface area contributed by atoms with Crippen molar-refractivity contribution in [3.63, 3.8) is 0 Å². The molecule has 0 spiro atoms. The standard InChI is InChI=1S/C16H23NO2/c1-16(19-2,13-17-11-7-4-8-12-17)15(18)14-9-5-3-6-10-14/h3,5-6,9-10H,4,7-8,11-13H2,1-2H3. The van der Waals surface area contributed by atoms with Crippen molar-refractivity contribution in [3.05, 3.63) is 35.9 Å². The number of hydrogen-bond acceptors (Lipinski definition) is 3. The smallest absolute Gasteiger partial charge is 0.195 e. The molecule has 19 heavy (non-hydrogen) atoms. The highest BCUT2D eigenvalue weighted by Crippen LogP contribution is 2.21. The van der Waals surface area contributed by atoms with Crippen LogP contribution < -0.4 is 0 Å². The lowest BCUT2D eigenvalue weighted by molar-refractivity contribution is -0.0106. The number of Topliss-reactive ketones (excluding diaryl/α,β-unsaturated/α-hetero) is 1. The molecule has 0 saturated carbocycles. The Labute approximate surface area is 115 Å². The summed E-state index contributed by atoms with van der Waals surface area (Å²) < 4.78 is 5.57. The summed E-state index contributed by atoms with van der Waals surface area (Å²) in [6.45, 7) is 4.72. The van der Waals surface area contributed by atoms with Crippen LogP contribution >= 0.6 is 0 Å². The number of ketones is 1. The Bertz CT molecular complexity index is 412. The van der Waals surface area contributed by atoms with E-state index in [4.69, 9.17) is 4.74 Å². The number of likely N-dealkylation sites (tertiary alicyclic amines) is 1. The quantitative estimate of drug-likeness (QED) is 0.763. The van der Waals surface area contributed by atoms with E-state index in [9.17, 15) is 4.79 Å². The summed E-state index contributed by atoms with van der Waals surface area (Å²) in [5.41, 5.74) is -0.0255. The number of hydrogen-bond donors (Lipinski definition) is 0. The molecule has 104 valence electrons. The Kier molecular flexibility index (Phi) is 4.72. The van der Waals surface area contributed by atoms with Crippen LogP contribution in [0.2, 0.25) is 0 Å². The Balaban J connectivity index is 2.10. The van der Waals surface area contributed by atoms with E-state index < -0.39 is 5.60 Å². The molecule has 3 heteroatoms. The summed E-state index contributed by atoms with van der Waals surface area (Å²) in [7, 11) is 1.63. The molecule has 1 aromatic rings. The summed E-state index contributed by atoms with van der Waals surface area (Å²) in [6, 6.07) is 9.42. The molecule has 1 heterocycles. The Morgan fingerprint density at radius 1 is 1.21 bits per heavy atom. The monoisotopic (exact) mass is 261 g/mol. The maximum atomic E-state index is 12.6. The second kappa shape index (κ2) is 6.31. The van der Waals surface area contributed by atoms with Gasteiger partial charge in [0.2, 0.25) is 0 Å². The third-order valence-corrected chi connectivity index (χ3v) is 3.94. The highest BCUT2D eigenvalue weighted by molar-refractivity contribution is 6.02. The molecule has 0 aromatic heterocycles. The SMILES string of the molecule is COC(C)(CN1CCCCC1)C(=O)c1ccccc1. The van der Waals surface area contributed by atoms with Crippen LogP contribution in [-0.4, -0.2) is 43.0 Å². The van der Waals surface area contributed by atoms with Gasteiger partial charge in [-0.3, -0.25) is 4.79 Å². The van der Waals surface area contributed by atoms with Gasteiger partial charge in [0.15, 0.2) is 5.78 Å². The second-order valence-corrected chi connectivity index (χ2v) is 5.47. The molecular weight excluding hydrogens is 238 g/mol. The molecule has 1 saturated heterocycles. The fraction of sp³-hybridized carbons (Fsp3) is 0.562. The molecule has 0 aliphatic carbocycles. The number of carbonyl (C=O) groups is 1. The normalized spacial score (nSPS) is 19.9. The predicted octanol–water partition coefficient (Wildman–Crippen LogP) is 2.76. The van der Waals surface area contributed by atoms with Gasteiger partial charge >= 0.3 is 0 Å². The number of carbonyl (C=O) groups excluding carboxylic acids is 1. The van der Waals surface area contributed by atoms with Crippen LogP contribution in [0.15, 0.2) is 30.3 Å². The molecule has 1 aliphatic heterocycles. The second-order valence-electron chi connectivity index (χ2n) is 5.47. The van der Waals surface area contributed by atoms with Crippen molar-refractivity contribution < 1.29 is 9.53 Å². The lowest BCUT2D eigenvalue weighted by atomic mass is 9.93. The van der Waals surface area contributed by atoms with E-state index >= 15 is 0 Å². The average molecular weight is 261 g/mol. The fourth-order valence-electron chi connectivity index (χ4n) is 2.67. The van der Waals surface area contributed by atoms with Crippen LogP contribution in [0.3, 0.4) is 0 Å². The zero-order chi connectivity index (χ0) is 13.7. The molecule has 1 fully saturated rings. The van der Waals surface area contributed by atoms with Crippen molar-refractivity contribution in [1.82, 2.24) is 4.90 Å². The predicted molar refractivity (Wildman–Crippen MR) is 76.5 cm³/mol. The molecule has 1 aromatic carbocycles. The van der Waals surface area contributed by atoms with Gasteiger partial charge in [-0.05, 0) is 32.9 Å². The topological polar surface area (TPSA) is 29.5 Å². The fourth-order valence-corrected chi connectivity index (χ4v) is 2.67. The summed E-state index contributed by atoms with van der Waals surface area (Å²) in [4.78, 5) is 15.0. The molecule has 1 unspecified atom stereocenters. The van der Waals surface area contributed by atoms with Gasteiger partial charge in [0.05, 0.1) is 0 Å². The average Bonchev–Trinajstić information content (AvgIpc) is 2.48. The summed E-state index contributed by atoms with van der Waals surface area (Å²) in [6.07, 6.45) is 3.74. The zero-order valence-electron chi connectivity index (χ0n) is 11.9. The van der Waals surface area contributed by atoms with Gasteiger partial charge in [-0.25, -0.2) is 0 Å².